The van der Waals surface area contributed by atoms with Gasteiger partial charge in [-0.3, -0.25) is 10.1 Å². The Morgan fingerprint density at radius 3 is 1.28 bits per heavy atom. The van der Waals surface area contributed by atoms with E-state index >= 15 is 0 Å². The molecule has 0 spiro atoms. The standard InChI is InChI=1S/C37H24BrNS.C30H18BrNS.C28H16BrNS.C24H13BrN2O2S/c1-37(2)28-18-16-22(19-27(28)24-17-15-21-9-3-4-10-23(21)35(24)37)39-30-13-7-5-11-25(30)33-29(38)20-32-34(36(33)39)26-12-6-8-14-31(26)40-32;31-28-25(19-11-3-1-4-12-19)26-21-15-7-9-17-23(21)32(20-13-5-2-6-14-20)29(26)27-22-16-8-10-18-24(22)33-30(27)28;29-22-16-21-25-19-11-5-4-8-17(19)14-15-23(25)30(18-9-2-1-3-10-18)27(21)26-20-12-6-7-13-24(20)31-28(22)26;25-19-13-18-16-5-1-3-7-20(16)26(14-9-11-15(12-10-14)27(28)29)23(18)22-17-6-2-4-8-21(17)30-24(19)22/h3-20H,1-2H3;1-18H;1-16H;1-13H. The lowest BCUT2D eigenvalue weighted by molar-refractivity contribution is -0.384. The van der Waals surface area contributed by atoms with Gasteiger partial charge in [-0.25, -0.2) is 0 Å². The lowest BCUT2D eigenvalue weighted by Crippen LogP contribution is -2.15. The van der Waals surface area contributed by atoms with Crippen LogP contribution in [0.5, 0.6) is 0 Å². The largest absolute Gasteiger partial charge is 0.309 e. The minimum atomic E-state index is -0.364. The van der Waals surface area contributed by atoms with Crippen molar-refractivity contribution in [2.75, 3.05) is 0 Å². The molecule has 0 unspecified atom stereocenters. The maximum Gasteiger partial charge on any atom is 0.269 e. The second kappa shape index (κ2) is 31.8. The van der Waals surface area contributed by atoms with Gasteiger partial charge in [0.1, 0.15) is 0 Å². The third-order valence-electron chi connectivity index (χ3n) is 27.2. The summed E-state index contributed by atoms with van der Waals surface area (Å²) in [5, 5.41) is 36.8. The van der Waals surface area contributed by atoms with Crippen molar-refractivity contribution in [2.24, 2.45) is 0 Å². The third-order valence-corrected chi connectivity index (χ3v) is 35.4. The fourth-order valence-electron chi connectivity index (χ4n) is 21.7. The van der Waals surface area contributed by atoms with Gasteiger partial charge in [-0.15, -0.1) is 45.3 Å². The number of thiophene rings is 4. The predicted molar refractivity (Wildman–Crippen MR) is 590 cm³/mol. The summed E-state index contributed by atoms with van der Waals surface area (Å²) in [6.07, 6.45) is 0. The number of halogens is 4. The van der Waals surface area contributed by atoms with Crippen molar-refractivity contribution in [3.8, 4) is 45.0 Å². The van der Waals surface area contributed by atoms with Crippen LogP contribution in [0.15, 0.2) is 412 Å². The molecule has 0 saturated carbocycles. The van der Waals surface area contributed by atoms with Gasteiger partial charge in [0.05, 0.1) is 63.2 Å². The van der Waals surface area contributed by atoms with E-state index in [9.17, 15) is 10.1 Å². The maximum absolute atomic E-state index is 11.1. The minimum Gasteiger partial charge on any atom is -0.309 e. The van der Waals surface area contributed by atoms with Crippen molar-refractivity contribution in [1.82, 2.24) is 18.3 Å². The van der Waals surface area contributed by atoms with Crippen molar-refractivity contribution in [3.05, 3.63) is 433 Å². The molecule has 28 aromatic rings. The summed E-state index contributed by atoms with van der Waals surface area (Å²) < 4.78 is 24.5. The number of para-hydroxylation sites is 5. The normalized spacial score (nSPS) is 12.5. The highest BCUT2D eigenvalue weighted by molar-refractivity contribution is 9.11. The highest BCUT2D eigenvalue weighted by atomic mass is 79.9. The molecule has 0 fully saturated rings. The number of non-ortho nitro benzene ring substituents is 1. The van der Waals surface area contributed by atoms with Gasteiger partial charge in [-0.1, -0.05) is 297 Å². The first-order valence-electron chi connectivity index (χ1n) is 44.5. The molecular formula is C119H71Br4N5O2S4. The van der Waals surface area contributed by atoms with Crippen LogP contribution < -0.4 is 0 Å². The van der Waals surface area contributed by atoms with Crippen LogP contribution in [0.4, 0.5) is 5.69 Å². The molecular weight excluding hydrogens is 1980 g/mol. The quantitative estimate of drug-likeness (QED) is 0.123. The summed E-state index contributed by atoms with van der Waals surface area (Å²) in [7, 11) is 0. The smallest absolute Gasteiger partial charge is 0.269 e. The molecule has 0 N–H and O–H groups in total. The Hall–Kier alpha value is -13.7. The van der Waals surface area contributed by atoms with E-state index < -0.39 is 0 Å². The average Bonchev–Trinajstić information content (AvgIpc) is 1.56. The molecule has 15 heteroatoms. The molecule has 0 atom stereocenters. The van der Waals surface area contributed by atoms with Crippen LogP contribution in [0.25, 0.3) is 234 Å². The second-order valence-electron chi connectivity index (χ2n) is 34.8. The Bertz CT molecular complexity index is 9850. The van der Waals surface area contributed by atoms with Crippen molar-refractivity contribution in [1.29, 1.82) is 0 Å². The lowest BCUT2D eigenvalue weighted by atomic mass is 9.80. The molecule has 8 aromatic heterocycles. The summed E-state index contributed by atoms with van der Waals surface area (Å²) in [6.45, 7) is 4.75. The van der Waals surface area contributed by atoms with Crippen LogP contribution in [0.2, 0.25) is 0 Å². The Morgan fingerprint density at radius 1 is 0.276 bits per heavy atom. The molecule has 0 radical (unpaired) electrons. The van der Waals surface area contributed by atoms with E-state index in [-0.39, 0.29) is 16.0 Å². The topological polar surface area (TPSA) is 62.9 Å². The van der Waals surface area contributed by atoms with Crippen LogP contribution in [0, 0.1) is 10.1 Å². The third kappa shape index (κ3) is 12.4. The highest BCUT2D eigenvalue weighted by Gasteiger charge is 2.38. The monoisotopic (exact) mass is 2050 g/mol. The summed E-state index contributed by atoms with van der Waals surface area (Å²) in [4.78, 5) is 10.8. The molecule has 134 heavy (non-hydrogen) atoms. The van der Waals surface area contributed by atoms with Crippen LogP contribution in [0.3, 0.4) is 0 Å². The van der Waals surface area contributed by atoms with E-state index in [1.54, 1.807) is 23.5 Å². The molecule has 0 bridgehead atoms. The molecule has 0 saturated heterocycles. The fourth-order valence-corrected chi connectivity index (χ4v) is 29.2. The number of aromatic nitrogens is 4. The summed E-state index contributed by atoms with van der Waals surface area (Å²) in [5.74, 6) is 0. The fraction of sp³-hybridized carbons (Fsp3) is 0.0252. The molecule has 8 heterocycles. The molecule has 20 aromatic carbocycles. The van der Waals surface area contributed by atoms with Crippen molar-refractivity contribution < 1.29 is 4.92 Å². The zero-order valence-electron chi connectivity index (χ0n) is 71.7. The summed E-state index contributed by atoms with van der Waals surface area (Å²) in [5.41, 5.74) is 22.3. The Labute approximate surface area is 817 Å². The van der Waals surface area contributed by atoms with Gasteiger partial charge < -0.3 is 18.3 Å². The highest BCUT2D eigenvalue weighted by Crippen LogP contribution is 2.57. The number of nitro groups is 1. The van der Waals surface area contributed by atoms with Crippen LogP contribution in [-0.2, 0) is 5.41 Å². The minimum absolute atomic E-state index is 0.0647. The van der Waals surface area contributed by atoms with Gasteiger partial charge in [0, 0.05) is 173 Å². The molecule has 7 nitrogen and oxygen atoms in total. The van der Waals surface area contributed by atoms with E-state index in [0.717, 1.165) is 40.9 Å². The van der Waals surface area contributed by atoms with E-state index in [1.807, 2.05) is 58.3 Å². The van der Waals surface area contributed by atoms with Crippen LogP contribution in [-0.4, -0.2) is 23.2 Å². The zero-order chi connectivity index (χ0) is 89.6. The number of nitrogens with zero attached hydrogens (tertiary/aromatic N) is 5. The van der Waals surface area contributed by atoms with Gasteiger partial charge in [0.25, 0.3) is 5.69 Å². The number of benzene rings is 20. The average molecular weight is 2050 g/mol. The Morgan fingerprint density at radius 2 is 0.687 bits per heavy atom. The first-order chi connectivity index (χ1) is 65.8. The van der Waals surface area contributed by atoms with Crippen molar-refractivity contribution >= 4 is 304 Å². The van der Waals surface area contributed by atoms with Crippen molar-refractivity contribution in [3.63, 3.8) is 0 Å². The molecule has 29 rings (SSSR count). The summed E-state index contributed by atoms with van der Waals surface area (Å²) >= 11 is 23.1. The Balaban J connectivity index is 0.0000000938. The molecule has 636 valence electrons. The number of nitro benzene ring substituents is 1. The zero-order valence-corrected chi connectivity index (χ0v) is 81.3. The van der Waals surface area contributed by atoms with E-state index in [2.05, 4.69) is 454 Å². The predicted octanol–water partition coefficient (Wildman–Crippen LogP) is 37.8. The number of hydrogen-bond acceptors (Lipinski definition) is 6. The Kier molecular flexibility index (Phi) is 19.2. The second-order valence-corrected chi connectivity index (χ2v) is 42.4. The van der Waals surface area contributed by atoms with Gasteiger partial charge in [-0.05, 0) is 212 Å². The van der Waals surface area contributed by atoms with E-state index in [1.165, 1.54) is 223 Å². The summed E-state index contributed by atoms with van der Waals surface area (Å²) in [6, 6.07) is 140. The molecule has 1 aliphatic carbocycles. The maximum atomic E-state index is 11.1. The molecule has 0 amide bonds. The van der Waals surface area contributed by atoms with Gasteiger partial charge >= 0.3 is 0 Å². The van der Waals surface area contributed by atoms with Crippen molar-refractivity contribution in [2.45, 2.75) is 19.3 Å². The lowest BCUT2D eigenvalue weighted by Gasteiger charge is -2.23. The van der Waals surface area contributed by atoms with E-state index in [0.29, 0.717) is 0 Å². The number of fused-ring (bicyclic) bond motifs is 35. The van der Waals surface area contributed by atoms with Crippen LogP contribution in [0.1, 0.15) is 25.0 Å². The first kappa shape index (κ1) is 81.1. The number of hydrogen-bond donors (Lipinski definition) is 0. The van der Waals surface area contributed by atoms with Crippen LogP contribution >= 0.6 is 109 Å². The first-order valence-corrected chi connectivity index (χ1v) is 50.9. The van der Waals surface area contributed by atoms with E-state index in [4.69, 9.17) is 0 Å². The number of rotatable bonds is 6. The van der Waals surface area contributed by atoms with Gasteiger partial charge in [0.15, 0.2) is 0 Å². The van der Waals surface area contributed by atoms with Gasteiger partial charge in [-0.2, -0.15) is 0 Å². The van der Waals surface area contributed by atoms with Gasteiger partial charge in [0.2, 0.25) is 0 Å². The SMILES string of the molecule is Brc1c(-c2ccccc2)c2c3ccccc3n(-c3ccccc3)c2c2c1sc1ccccc12.Brc1cc2c3c4ccccc4ccc3n(-c3ccccc3)c2c2c1sc1ccccc12.CC1(C)c2ccc(-n3c4ccccc4c4c(Br)cc5sc6ccccc6c5c43)cc2-c2ccc3ccccc3c21.O=[N+]([O-])c1ccc(-n2c3ccccc3c3cc(Br)c4sc5ccccc5c4c32)cc1. The molecule has 1 aliphatic rings. The molecule has 0 aliphatic heterocycles.